The van der Waals surface area contributed by atoms with E-state index in [2.05, 4.69) is 5.10 Å². The Labute approximate surface area is 193 Å². The van der Waals surface area contributed by atoms with Gasteiger partial charge in [0.2, 0.25) is 0 Å². The van der Waals surface area contributed by atoms with Crippen molar-refractivity contribution in [3.63, 3.8) is 0 Å². The van der Waals surface area contributed by atoms with Gasteiger partial charge in [0.05, 0.1) is 26.8 Å². The van der Waals surface area contributed by atoms with Crippen molar-refractivity contribution in [2.75, 3.05) is 6.61 Å². The molecule has 0 aliphatic carbocycles. The van der Waals surface area contributed by atoms with E-state index in [1.54, 1.807) is 24.0 Å². The lowest BCUT2D eigenvalue weighted by Gasteiger charge is -2.22. The summed E-state index contributed by atoms with van der Waals surface area (Å²) in [5, 5.41) is 5.46. The van der Waals surface area contributed by atoms with Gasteiger partial charge in [0, 0.05) is 17.3 Å². The van der Waals surface area contributed by atoms with E-state index >= 15 is 0 Å². The van der Waals surface area contributed by atoms with Crippen molar-refractivity contribution in [2.24, 2.45) is 0 Å². The molecule has 0 spiro atoms. The Bertz CT molecular complexity index is 1070. The van der Waals surface area contributed by atoms with Crippen molar-refractivity contribution in [1.82, 2.24) is 9.78 Å². The molecule has 1 aromatic heterocycles. The van der Waals surface area contributed by atoms with Crippen LogP contribution in [0, 0.1) is 0 Å². The summed E-state index contributed by atoms with van der Waals surface area (Å²) in [6.45, 7) is 0.762. The minimum absolute atomic E-state index is 0.0526. The molecule has 2 aromatic carbocycles. The first-order valence-corrected chi connectivity index (χ1v) is 12.3. The van der Waals surface area contributed by atoms with Crippen molar-refractivity contribution in [2.45, 2.75) is 40.2 Å². The van der Waals surface area contributed by atoms with Crippen molar-refractivity contribution in [3.05, 3.63) is 80.7 Å². The first-order valence-electron chi connectivity index (χ1n) is 9.64. The number of hydrogen-bond donors (Lipinski definition) is 0. The van der Waals surface area contributed by atoms with Crippen LogP contribution in [0.1, 0.15) is 24.8 Å². The number of para-hydroxylation sites is 1. The van der Waals surface area contributed by atoms with Gasteiger partial charge in [-0.1, -0.05) is 59.2 Å². The Morgan fingerprint density at radius 3 is 2.67 bits per heavy atom. The molecule has 156 valence electrons. The fourth-order valence-corrected chi connectivity index (χ4v) is 5.70. The van der Waals surface area contributed by atoms with E-state index in [9.17, 15) is 4.79 Å². The summed E-state index contributed by atoms with van der Waals surface area (Å²) in [6, 6.07) is 15.0. The number of thioether (sulfide) groups is 2. The van der Waals surface area contributed by atoms with Gasteiger partial charge in [0.1, 0.15) is 5.44 Å². The second-order valence-corrected chi connectivity index (χ2v) is 9.84. The maximum Gasteiger partial charge on any atom is 0.286 e. The molecule has 1 aliphatic rings. The van der Waals surface area contributed by atoms with E-state index in [4.69, 9.17) is 27.9 Å². The number of rotatable bonds is 6. The van der Waals surface area contributed by atoms with Crippen molar-refractivity contribution in [3.8, 4) is 5.69 Å². The third kappa shape index (κ3) is 5.24. The van der Waals surface area contributed by atoms with Crippen LogP contribution in [0.25, 0.3) is 5.69 Å². The van der Waals surface area contributed by atoms with Crippen LogP contribution in [0.4, 0.5) is 0 Å². The van der Waals surface area contributed by atoms with Gasteiger partial charge in [-0.3, -0.25) is 4.79 Å². The van der Waals surface area contributed by atoms with Gasteiger partial charge < -0.3 is 4.74 Å². The largest absolute Gasteiger partial charge is 0.367 e. The molecule has 0 radical (unpaired) electrons. The number of hydrogen-bond acceptors (Lipinski definition) is 5. The molecular formula is C22H20Cl2N2O2S2. The van der Waals surface area contributed by atoms with Gasteiger partial charge in [-0.15, -0.1) is 11.8 Å². The highest BCUT2D eigenvalue weighted by molar-refractivity contribution is 8.02. The maximum absolute atomic E-state index is 13.4. The third-order valence-electron chi connectivity index (χ3n) is 4.67. The smallest absolute Gasteiger partial charge is 0.286 e. The third-order valence-corrected chi connectivity index (χ3v) is 7.89. The summed E-state index contributed by atoms with van der Waals surface area (Å²) in [7, 11) is 0. The van der Waals surface area contributed by atoms with Gasteiger partial charge in [0.15, 0.2) is 0 Å². The van der Waals surface area contributed by atoms with E-state index in [0.717, 1.165) is 42.0 Å². The molecule has 0 N–H and O–H groups in total. The van der Waals surface area contributed by atoms with Crippen LogP contribution in [0.3, 0.4) is 0 Å². The number of nitrogens with zero attached hydrogens (tertiary/aromatic N) is 2. The molecule has 2 heterocycles. The van der Waals surface area contributed by atoms with E-state index in [0.29, 0.717) is 20.7 Å². The Morgan fingerprint density at radius 1 is 1.10 bits per heavy atom. The van der Waals surface area contributed by atoms with Gasteiger partial charge in [-0.2, -0.15) is 9.78 Å². The van der Waals surface area contributed by atoms with Crippen LogP contribution < -0.4 is 5.56 Å². The van der Waals surface area contributed by atoms with Crippen LogP contribution in [-0.2, 0) is 10.5 Å². The molecule has 30 heavy (non-hydrogen) atoms. The fourth-order valence-electron chi connectivity index (χ4n) is 3.12. The number of benzene rings is 2. The maximum atomic E-state index is 13.4. The molecule has 1 aliphatic heterocycles. The zero-order valence-corrected chi connectivity index (χ0v) is 19.2. The summed E-state index contributed by atoms with van der Waals surface area (Å²) in [4.78, 5) is 14.9. The van der Waals surface area contributed by atoms with Crippen LogP contribution in [-0.4, -0.2) is 21.8 Å². The Balaban J connectivity index is 1.66. The molecule has 1 fully saturated rings. The molecule has 8 heteroatoms. The van der Waals surface area contributed by atoms with Gasteiger partial charge in [0.25, 0.3) is 5.56 Å². The summed E-state index contributed by atoms with van der Waals surface area (Å²) in [5.41, 5.74) is 1.66. The molecule has 1 atom stereocenters. The summed E-state index contributed by atoms with van der Waals surface area (Å²) < 4.78 is 7.32. The normalized spacial score (nSPS) is 16.5. The highest BCUT2D eigenvalue weighted by Gasteiger charge is 2.20. The van der Waals surface area contributed by atoms with Crippen LogP contribution in [0.2, 0.25) is 10.0 Å². The lowest BCUT2D eigenvalue weighted by atomic mass is 10.2. The first-order chi connectivity index (χ1) is 14.6. The Kier molecular flexibility index (Phi) is 7.44. The van der Waals surface area contributed by atoms with Crippen molar-refractivity contribution < 1.29 is 4.74 Å². The van der Waals surface area contributed by atoms with E-state index < -0.39 is 0 Å². The monoisotopic (exact) mass is 478 g/mol. The minimum atomic E-state index is -0.132. The molecular weight excluding hydrogens is 459 g/mol. The quantitative estimate of drug-likeness (QED) is 0.380. The fraction of sp³-hybridized carbons (Fsp3) is 0.273. The first kappa shape index (κ1) is 21.8. The topological polar surface area (TPSA) is 44.1 Å². The SMILES string of the molecule is O=c1c(SCc2ccc(Cl)c(Cl)c2)c(S[C@H]2CCCCO2)cnn1-c1ccccc1. The molecule has 3 aromatic rings. The summed E-state index contributed by atoms with van der Waals surface area (Å²) >= 11 is 15.3. The molecule has 1 saturated heterocycles. The second-order valence-electron chi connectivity index (χ2n) is 6.84. The zero-order valence-electron chi connectivity index (χ0n) is 16.1. The molecule has 0 unspecified atom stereocenters. The number of aromatic nitrogens is 2. The van der Waals surface area contributed by atoms with Crippen LogP contribution in [0.5, 0.6) is 0 Å². The van der Waals surface area contributed by atoms with Gasteiger partial charge in [-0.05, 0) is 49.1 Å². The van der Waals surface area contributed by atoms with Crippen molar-refractivity contribution in [1.29, 1.82) is 0 Å². The predicted molar refractivity (Wildman–Crippen MR) is 125 cm³/mol. The standard InChI is InChI=1S/C22H20Cl2N2O2S2/c23-17-10-9-15(12-18(17)24)14-29-21-19(30-20-8-4-5-11-28-20)13-25-26(22(21)27)16-6-2-1-3-7-16/h1-3,6-7,9-10,12-13,20H,4-5,8,11,14H2/t20-/m0/s1. The van der Waals surface area contributed by atoms with Crippen LogP contribution in [0.15, 0.2) is 69.3 Å². The predicted octanol–water partition coefficient (Wildman–Crippen LogP) is 6.45. The lowest BCUT2D eigenvalue weighted by molar-refractivity contribution is 0.0727. The lowest BCUT2D eigenvalue weighted by Crippen LogP contribution is -2.24. The van der Waals surface area contributed by atoms with E-state index in [1.165, 1.54) is 16.4 Å². The average Bonchev–Trinajstić information content (AvgIpc) is 2.77. The number of ether oxygens (including phenoxy) is 1. The molecule has 4 rings (SSSR count). The van der Waals surface area contributed by atoms with Crippen molar-refractivity contribution >= 4 is 46.7 Å². The summed E-state index contributed by atoms with van der Waals surface area (Å²) in [5.74, 6) is 0.601. The summed E-state index contributed by atoms with van der Waals surface area (Å²) in [6.07, 6.45) is 4.97. The second kappa shape index (κ2) is 10.2. The molecule has 0 saturated carbocycles. The van der Waals surface area contributed by atoms with Gasteiger partial charge in [-0.25, -0.2) is 0 Å². The van der Waals surface area contributed by atoms with Crippen LogP contribution >= 0.6 is 46.7 Å². The van der Waals surface area contributed by atoms with Gasteiger partial charge >= 0.3 is 0 Å². The zero-order chi connectivity index (χ0) is 20.9. The molecule has 0 amide bonds. The average molecular weight is 479 g/mol. The Hall–Kier alpha value is -1.44. The number of halogens is 2. The minimum Gasteiger partial charge on any atom is -0.367 e. The van der Waals surface area contributed by atoms with E-state index in [1.807, 2.05) is 42.5 Å². The highest BCUT2D eigenvalue weighted by Crippen LogP contribution is 2.36. The highest BCUT2D eigenvalue weighted by atomic mass is 35.5. The Morgan fingerprint density at radius 2 is 1.93 bits per heavy atom. The van der Waals surface area contributed by atoms with E-state index in [-0.39, 0.29) is 11.0 Å². The molecule has 0 bridgehead atoms. The molecule has 4 nitrogen and oxygen atoms in total.